The quantitative estimate of drug-likeness (QED) is 0.498. The third kappa shape index (κ3) is 5.05. The molecule has 0 saturated carbocycles. The van der Waals surface area contributed by atoms with E-state index in [4.69, 9.17) is 33.4 Å². The van der Waals surface area contributed by atoms with Gasteiger partial charge in [0.25, 0.3) is 5.91 Å². The van der Waals surface area contributed by atoms with E-state index in [1.807, 2.05) is 6.07 Å². The monoisotopic (exact) mass is 302 g/mol. The lowest BCUT2D eigenvalue weighted by Crippen LogP contribution is -2.37. The Morgan fingerprint density at radius 2 is 2.16 bits per heavy atom. The van der Waals surface area contributed by atoms with Crippen molar-refractivity contribution >= 4 is 29.1 Å². The van der Waals surface area contributed by atoms with Crippen molar-refractivity contribution in [3.8, 4) is 6.07 Å². The molecule has 5 nitrogen and oxygen atoms in total. The van der Waals surface area contributed by atoms with Crippen molar-refractivity contribution in [2.45, 2.75) is 13.0 Å². The molecule has 1 N–H and O–H groups in total. The number of hydrogen-bond donors (Lipinski definition) is 1. The van der Waals surface area contributed by atoms with Crippen molar-refractivity contribution in [2.75, 3.05) is 13.2 Å². The Morgan fingerprint density at radius 3 is 2.74 bits per heavy atom. The van der Waals surface area contributed by atoms with Gasteiger partial charge in [-0.2, -0.15) is 5.26 Å². The van der Waals surface area contributed by atoms with Gasteiger partial charge in [-0.3, -0.25) is 4.79 Å². The standard InChI is InChI=1S/C12H12Cl2N2O3/c1-2-18-19-7-9(6-15)16-12(17)8-3-4-10(13)11(14)5-8/h3-5,9H,2,7H2,1H3,(H,16,17). The highest BCUT2D eigenvalue weighted by Gasteiger charge is 2.14. The number of benzene rings is 1. The molecule has 0 aliphatic carbocycles. The van der Waals surface area contributed by atoms with Crippen LogP contribution in [0.5, 0.6) is 0 Å². The molecule has 1 rings (SSSR count). The molecule has 102 valence electrons. The number of carbonyl (C=O) groups is 1. The van der Waals surface area contributed by atoms with E-state index in [0.29, 0.717) is 17.2 Å². The zero-order valence-electron chi connectivity index (χ0n) is 10.2. The van der Waals surface area contributed by atoms with Gasteiger partial charge < -0.3 is 5.32 Å². The van der Waals surface area contributed by atoms with Gasteiger partial charge in [0.1, 0.15) is 12.6 Å². The molecule has 0 saturated heterocycles. The summed E-state index contributed by atoms with van der Waals surface area (Å²) in [5.41, 5.74) is 0.311. The summed E-state index contributed by atoms with van der Waals surface area (Å²) in [5, 5.41) is 12.0. The summed E-state index contributed by atoms with van der Waals surface area (Å²) in [6, 6.07) is 5.53. The summed E-state index contributed by atoms with van der Waals surface area (Å²) in [4.78, 5) is 21.2. The summed E-state index contributed by atoms with van der Waals surface area (Å²) < 4.78 is 0. The minimum atomic E-state index is -0.812. The van der Waals surface area contributed by atoms with Crippen LogP contribution in [0.4, 0.5) is 0 Å². The third-order valence-corrected chi connectivity index (χ3v) is 2.82. The predicted octanol–water partition coefficient (Wildman–Crippen LogP) is 2.58. The van der Waals surface area contributed by atoms with E-state index in [2.05, 4.69) is 10.2 Å². The smallest absolute Gasteiger partial charge is 0.252 e. The minimum Gasteiger partial charge on any atom is -0.334 e. The number of nitriles is 1. The summed E-state index contributed by atoms with van der Waals surface area (Å²) in [6.45, 7) is 2.05. The molecule has 1 atom stereocenters. The molecule has 0 aliphatic heterocycles. The Bertz CT molecular complexity index is 488. The number of carbonyl (C=O) groups excluding carboxylic acids is 1. The molecule has 7 heteroatoms. The summed E-state index contributed by atoms with van der Waals surface area (Å²) >= 11 is 11.6. The predicted molar refractivity (Wildman–Crippen MR) is 70.9 cm³/mol. The molecule has 0 spiro atoms. The van der Waals surface area contributed by atoms with Crippen molar-refractivity contribution < 1.29 is 14.6 Å². The molecule has 1 aromatic carbocycles. The molecular weight excluding hydrogens is 291 g/mol. The maximum Gasteiger partial charge on any atom is 0.252 e. The van der Waals surface area contributed by atoms with Gasteiger partial charge in [0.05, 0.1) is 22.7 Å². The van der Waals surface area contributed by atoms with E-state index < -0.39 is 11.9 Å². The van der Waals surface area contributed by atoms with Crippen LogP contribution in [-0.4, -0.2) is 25.2 Å². The highest BCUT2D eigenvalue weighted by molar-refractivity contribution is 6.42. The van der Waals surface area contributed by atoms with E-state index in [1.54, 1.807) is 6.92 Å². The lowest BCUT2D eigenvalue weighted by Gasteiger charge is -2.11. The Hall–Kier alpha value is -1.32. The van der Waals surface area contributed by atoms with Gasteiger partial charge >= 0.3 is 0 Å². The fourth-order valence-electron chi connectivity index (χ4n) is 1.19. The zero-order chi connectivity index (χ0) is 14.3. The first kappa shape index (κ1) is 15.7. The van der Waals surface area contributed by atoms with E-state index in [-0.39, 0.29) is 11.6 Å². The van der Waals surface area contributed by atoms with Crippen molar-refractivity contribution in [2.24, 2.45) is 0 Å². The van der Waals surface area contributed by atoms with Gasteiger partial charge in [-0.05, 0) is 25.1 Å². The fourth-order valence-corrected chi connectivity index (χ4v) is 1.49. The average molecular weight is 303 g/mol. The second kappa shape index (κ2) is 7.97. The van der Waals surface area contributed by atoms with Crippen LogP contribution in [0.3, 0.4) is 0 Å². The normalized spacial score (nSPS) is 11.7. The van der Waals surface area contributed by atoms with Gasteiger partial charge in [-0.15, -0.1) is 0 Å². The number of amides is 1. The molecular formula is C12H12Cl2N2O3. The first-order valence-corrected chi connectivity index (χ1v) is 6.24. The van der Waals surface area contributed by atoms with Crippen molar-refractivity contribution in [3.05, 3.63) is 33.8 Å². The first-order valence-electron chi connectivity index (χ1n) is 5.48. The molecule has 0 bridgehead atoms. The van der Waals surface area contributed by atoms with Crippen LogP contribution in [0.2, 0.25) is 10.0 Å². The van der Waals surface area contributed by atoms with E-state index in [9.17, 15) is 4.79 Å². The molecule has 19 heavy (non-hydrogen) atoms. The lowest BCUT2D eigenvalue weighted by molar-refractivity contribution is -0.292. The van der Waals surface area contributed by atoms with E-state index in [1.165, 1.54) is 18.2 Å². The molecule has 0 fully saturated rings. The molecule has 0 aliphatic rings. The Labute approximate surface area is 120 Å². The van der Waals surface area contributed by atoms with Gasteiger partial charge in [-0.1, -0.05) is 23.2 Å². The average Bonchev–Trinajstić information content (AvgIpc) is 2.40. The van der Waals surface area contributed by atoms with Gasteiger partial charge in [0.15, 0.2) is 0 Å². The molecule has 0 aromatic heterocycles. The van der Waals surface area contributed by atoms with Gasteiger partial charge in [0, 0.05) is 5.56 Å². The van der Waals surface area contributed by atoms with Gasteiger partial charge in [0.2, 0.25) is 0 Å². The molecule has 0 radical (unpaired) electrons. The second-order valence-electron chi connectivity index (χ2n) is 3.48. The SMILES string of the molecule is CCOOCC(C#N)NC(=O)c1ccc(Cl)c(Cl)c1. The first-order chi connectivity index (χ1) is 9.08. The maximum absolute atomic E-state index is 11.8. The van der Waals surface area contributed by atoms with Crippen molar-refractivity contribution in [3.63, 3.8) is 0 Å². The van der Waals surface area contributed by atoms with E-state index >= 15 is 0 Å². The maximum atomic E-state index is 11.8. The Kier molecular flexibility index (Phi) is 6.60. The van der Waals surface area contributed by atoms with Crippen LogP contribution < -0.4 is 5.32 Å². The Morgan fingerprint density at radius 1 is 1.42 bits per heavy atom. The number of halogens is 2. The minimum absolute atomic E-state index is 0.0581. The summed E-state index contributed by atoms with van der Waals surface area (Å²) in [6.07, 6.45) is 0. The zero-order valence-corrected chi connectivity index (χ0v) is 11.7. The largest absolute Gasteiger partial charge is 0.334 e. The highest BCUT2D eigenvalue weighted by Crippen LogP contribution is 2.22. The summed E-state index contributed by atoms with van der Waals surface area (Å²) in [7, 11) is 0. The van der Waals surface area contributed by atoms with E-state index in [0.717, 1.165) is 0 Å². The third-order valence-electron chi connectivity index (χ3n) is 2.08. The van der Waals surface area contributed by atoms with Crippen molar-refractivity contribution in [1.82, 2.24) is 5.32 Å². The molecule has 1 aromatic rings. The highest BCUT2D eigenvalue weighted by atomic mass is 35.5. The molecule has 0 heterocycles. The summed E-state index contributed by atoms with van der Waals surface area (Å²) in [5.74, 6) is -0.440. The van der Waals surface area contributed by atoms with Crippen LogP contribution in [0.15, 0.2) is 18.2 Å². The van der Waals surface area contributed by atoms with Crippen LogP contribution >= 0.6 is 23.2 Å². The number of rotatable bonds is 6. The lowest BCUT2D eigenvalue weighted by atomic mass is 10.2. The van der Waals surface area contributed by atoms with Crippen LogP contribution in [0, 0.1) is 11.3 Å². The number of nitrogens with one attached hydrogen (secondary N) is 1. The number of nitrogens with zero attached hydrogens (tertiary/aromatic N) is 1. The molecule has 1 unspecified atom stereocenters. The fraction of sp³-hybridized carbons (Fsp3) is 0.333. The van der Waals surface area contributed by atoms with Crippen LogP contribution in [0.1, 0.15) is 17.3 Å². The van der Waals surface area contributed by atoms with Gasteiger partial charge in [-0.25, -0.2) is 9.78 Å². The topological polar surface area (TPSA) is 71.3 Å². The molecule has 1 amide bonds. The second-order valence-corrected chi connectivity index (χ2v) is 4.29. The Balaban J connectivity index is 2.62. The van der Waals surface area contributed by atoms with Crippen LogP contribution in [0.25, 0.3) is 0 Å². The van der Waals surface area contributed by atoms with Crippen molar-refractivity contribution in [1.29, 1.82) is 5.26 Å². The number of hydrogen-bond acceptors (Lipinski definition) is 4. The van der Waals surface area contributed by atoms with Crippen LogP contribution in [-0.2, 0) is 9.78 Å².